The Morgan fingerprint density at radius 3 is 2.95 bits per heavy atom. The van der Waals surface area contributed by atoms with Crippen molar-refractivity contribution in [3.63, 3.8) is 0 Å². The molecule has 1 aromatic carbocycles. The van der Waals surface area contributed by atoms with Gasteiger partial charge in [0.2, 0.25) is 5.43 Å². The van der Waals surface area contributed by atoms with Crippen LogP contribution in [0, 0.1) is 0 Å². The maximum Gasteiger partial charge on any atom is 0.207 e. The minimum absolute atomic E-state index is 0.0428. The first kappa shape index (κ1) is 13.6. The summed E-state index contributed by atoms with van der Waals surface area (Å²) in [5.74, 6) is 0.910. The maximum absolute atomic E-state index is 11.8. The van der Waals surface area contributed by atoms with Crippen LogP contribution in [0.3, 0.4) is 0 Å². The molecule has 5 heteroatoms. The number of furan rings is 1. The predicted molar refractivity (Wildman–Crippen MR) is 81.1 cm³/mol. The molecular weight excluding hydrogens is 266 g/mol. The third-order valence-electron chi connectivity index (χ3n) is 3.51. The Hall–Kier alpha value is -2.40. The monoisotopic (exact) mass is 283 g/mol. The maximum atomic E-state index is 11.8. The number of hydrogen-bond acceptors (Lipinski definition) is 4. The van der Waals surface area contributed by atoms with Gasteiger partial charge in [0.25, 0.3) is 0 Å². The number of fused-ring (bicyclic) bond motifs is 1. The molecule has 21 heavy (non-hydrogen) atoms. The minimum Gasteiger partial charge on any atom is -0.468 e. The molecular formula is C16H17N3O2. The first-order valence-electron chi connectivity index (χ1n) is 6.97. The van der Waals surface area contributed by atoms with E-state index >= 15 is 0 Å². The summed E-state index contributed by atoms with van der Waals surface area (Å²) in [6.45, 7) is 3.48. The van der Waals surface area contributed by atoms with E-state index in [0.29, 0.717) is 11.9 Å². The standard InChI is InChI=1S/C16H17N3O2/c1-12(16-7-4-10-21-16)17-8-9-19-14-6-3-2-5-13(14)15(20)11-18-19/h2-7,10-12,17H,8-9H2,1H3. The fourth-order valence-electron chi connectivity index (χ4n) is 2.36. The molecule has 2 heterocycles. The highest BCUT2D eigenvalue weighted by atomic mass is 16.3. The molecule has 108 valence electrons. The fourth-order valence-corrected chi connectivity index (χ4v) is 2.36. The Morgan fingerprint density at radius 2 is 2.14 bits per heavy atom. The number of para-hydroxylation sites is 1. The Labute approximate surface area is 122 Å². The van der Waals surface area contributed by atoms with Gasteiger partial charge in [-0.2, -0.15) is 5.10 Å². The number of hydrogen-bond donors (Lipinski definition) is 1. The molecule has 2 aromatic heterocycles. The Morgan fingerprint density at radius 1 is 1.29 bits per heavy atom. The molecule has 0 spiro atoms. The summed E-state index contributed by atoms with van der Waals surface area (Å²) in [5.41, 5.74) is 0.816. The molecule has 0 radical (unpaired) electrons. The molecule has 0 saturated carbocycles. The van der Waals surface area contributed by atoms with E-state index in [1.807, 2.05) is 41.1 Å². The summed E-state index contributed by atoms with van der Waals surface area (Å²) in [5, 5.41) is 8.29. The molecule has 3 rings (SSSR count). The van der Waals surface area contributed by atoms with Crippen LogP contribution in [0.15, 0.2) is 58.1 Å². The van der Waals surface area contributed by atoms with E-state index in [1.165, 1.54) is 6.20 Å². The van der Waals surface area contributed by atoms with Crippen LogP contribution in [0.4, 0.5) is 0 Å². The van der Waals surface area contributed by atoms with Gasteiger partial charge < -0.3 is 9.73 Å². The van der Waals surface area contributed by atoms with Crippen molar-refractivity contribution >= 4 is 10.9 Å². The largest absolute Gasteiger partial charge is 0.468 e. The highest BCUT2D eigenvalue weighted by Gasteiger charge is 2.07. The third kappa shape index (κ3) is 2.87. The van der Waals surface area contributed by atoms with Gasteiger partial charge >= 0.3 is 0 Å². The van der Waals surface area contributed by atoms with Crippen molar-refractivity contribution in [1.29, 1.82) is 0 Å². The van der Waals surface area contributed by atoms with Crippen LogP contribution < -0.4 is 10.7 Å². The van der Waals surface area contributed by atoms with E-state index < -0.39 is 0 Å². The number of benzene rings is 1. The lowest BCUT2D eigenvalue weighted by molar-refractivity contribution is 0.420. The van der Waals surface area contributed by atoms with Gasteiger partial charge in [-0.15, -0.1) is 0 Å². The molecule has 0 aliphatic heterocycles. The van der Waals surface area contributed by atoms with Gasteiger partial charge in [-0.1, -0.05) is 12.1 Å². The van der Waals surface area contributed by atoms with Gasteiger partial charge in [0.05, 0.1) is 30.6 Å². The normalized spacial score (nSPS) is 12.6. The summed E-state index contributed by atoms with van der Waals surface area (Å²) >= 11 is 0. The second-order valence-corrected chi connectivity index (χ2v) is 4.94. The lowest BCUT2D eigenvalue weighted by atomic mass is 10.2. The zero-order valence-corrected chi connectivity index (χ0v) is 11.8. The Balaban J connectivity index is 1.71. The highest BCUT2D eigenvalue weighted by molar-refractivity contribution is 5.77. The first-order valence-corrected chi connectivity index (χ1v) is 6.97. The highest BCUT2D eigenvalue weighted by Crippen LogP contribution is 2.12. The zero-order valence-electron chi connectivity index (χ0n) is 11.8. The van der Waals surface area contributed by atoms with Gasteiger partial charge in [0.15, 0.2) is 0 Å². The molecule has 0 aliphatic carbocycles. The van der Waals surface area contributed by atoms with Crippen LogP contribution in [0.25, 0.3) is 10.9 Å². The summed E-state index contributed by atoms with van der Waals surface area (Å²) in [4.78, 5) is 11.8. The van der Waals surface area contributed by atoms with Crippen LogP contribution in [-0.2, 0) is 6.54 Å². The van der Waals surface area contributed by atoms with Gasteiger partial charge in [-0.25, -0.2) is 0 Å². The summed E-state index contributed by atoms with van der Waals surface area (Å²) < 4.78 is 7.20. The van der Waals surface area contributed by atoms with Crippen molar-refractivity contribution in [3.8, 4) is 0 Å². The van der Waals surface area contributed by atoms with Crippen LogP contribution in [0.5, 0.6) is 0 Å². The van der Waals surface area contributed by atoms with Gasteiger partial charge in [-0.3, -0.25) is 9.48 Å². The fraction of sp³-hybridized carbons (Fsp3) is 0.250. The van der Waals surface area contributed by atoms with Gasteiger partial charge in [0.1, 0.15) is 5.76 Å². The first-order chi connectivity index (χ1) is 10.3. The van der Waals surface area contributed by atoms with Crippen molar-refractivity contribution in [2.45, 2.75) is 19.5 Å². The van der Waals surface area contributed by atoms with Crippen molar-refractivity contribution in [2.24, 2.45) is 0 Å². The topological polar surface area (TPSA) is 60.1 Å². The van der Waals surface area contributed by atoms with Gasteiger partial charge in [-0.05, 0) is 31.2 Å². The van der Waals surface area contributed by atoms with Crippen LogP contribution in [0.2, 0.25) is 0 Å². The SMILES string of the molecule is CC(NCCn1ncc(=O)c2ccccc21)c1ccco1. The third-order valence-corrected chi connectivity index (χ3v) is 3.51. The predicted octanol–water partition coefficient (Wildman–Crippen LogP) is 2.34. The van der Waals surface area contributed by atoms with E-state index in [0.717, 1.165) is 17.8 Å². The van der Waals surface area contributed by atoms with E-state index in [2.05, 4.69) is 17.3 Å². The number of nitrogens with zero attached hydrogens (tertiary/aromatic N) is 2. The van der Waals surface area contributed by atoms with E-state index in [4.69, 9.17) is 4.42 Å². The van der Waals surface area contributed by atoms with E-state index in [9.17, 15) is 4.79 Å². The lowest BCUT2D eigenvalue weighted by Crippen LogP contribution is -2.24. The molecule has 1 atom stereocenters. The molecule has 3 aromatic rings. The van der Waals surface area contributed by atoms with Crippen LogP contribution in [0.1, 0.15) is 18.7 Å². The van der Waals surface area contributed by atoms with Crippen molar-refractivity contribution in [2.75, 3.05) is 6.54 Å². The number of aromatic nitrogens is 2. The molecule has 5 nitrogen and oxygen atoms in total. The average Bonchev–Trinajstić information content (AvgIpc) is 3.04. The number of rotatable bonds is 5. The lowest BCUT2D eigenvalue weighted by Gasteiger charge is -2.13. The Kier molecular flexibility index (Phi) is 3.83. The smallest absolute Gasteiger partial charge is 0.207 e. The van der Waals surface area contributed by atoms with Crippen LogP contribution in [-0.4, -0.2) is 16.3 Å². The van der Waals surface area contributed by atoms with Crippen molar-refractivity contribution < 1.29 is 4.42 Å². The Bertz CT molecular complexity index is 778. The second-order valence-electron chi connectivity index (χ2n) is 4.94. The van der Waals surface area contributed by atoms with Crippen molar-refractivity contribution in [3.05, 3.63) is 64.8 Å². The molecule has 1 unspecified atom stereocenters. The van der Waals surface area contributed by atoms with Gasteiger partial charge in [0, 0.05) is 11.9 Å². The summed E-state index contributed by atoms with van der Waals surface area (Å²) in [6.07, 6.45) is 3.04. The average molecular weight is 283 g/mol. The molecule has 1 N–H and O–H groups in total. The molecule has 0 bridgehead atoms. The molecule has 0 saturated heterocycles. The van der Waals surface area contributed by atoms with Crippen LogP contribution >= 0.6 is 0 Å². The second kappa shape index (κ2) is 5.93. The zero-order chi connectivity index (χ0) is 14.7. The molecule has 0 amide bonds. The summed E-state index contributed by atoms with van der Waals surface area (Å²) in [6, 6.07) is 11.5. The van der Waals surface area contributed by atoms with E-state index in [-0.39, 0.29) is 11.5 Å². The summed E-state index contributed by atoms with van der Waals surface area (Å²) in [7, 11) is 0. The minimum atomic E-state index is -0.0428. The molecule has 0 fully saturated rings. The van der Waals surface area contributed by atoms with Crippen molar-refractivity contribution in [1.82, 2.24) is 15.1 Å². The van der Waals surface area contributed by atoms with E-state index in [1.54, 1.807) is 6.26 Å². The number of nitrogens with one attached hydrogen (secondary N) is 1. The quantitative estimate of drug-likeness (QED) is 0.780. The molecule has 0 aliphatic rings.